The Hall–Kier alpha value is -0.820. The zero-order valence-corrected chi connectivity index (χ0v) is 34.0. The van der Waals surface area contributed by atoms with Crippen molar-refractivity contribution in [1.29, 1.82) is 0 Å². The zero-order valence-electron chi connectivity index (χ0n) is 34.0. The Morgan fingerprint density at radius 1 is 0.625 bits per heavy atom. The number of hydrogen-bond acceptors (Lipinski definition) is 14. The summed E-state index contributed by atoms with van der Waals surface area (Å²) >= 11 is 0. The van der Waals surface area contributed by atoms with Gasteiger partial charge in [0.15, 0.2) is 12.6 Å². The van der Waals surface area contributed by atoms with Crippen LogP contribution in [-0.4, -0.2) is 151 Å². The zero-order chi connectivity index (χ0) is 41.0. The van der Waals surface area contributed by atoms with Crippen LogP contribution in [0.15, 0.2) is 11.6 Å². The maximum atomic E-state index is 12.6. The number of aliphatic hydroxyl groups is 10. The molecular formula is C42H70O14. The summed E-state index contributed by atoms with van der Waals surface area (Å²) in [6, 6.07) is 0. The molecule has 5 aliphatic carbocycles. The van der Waals surface area contributed by atoms with E-state index in [2.05, 4.69) is 40.7 Å². The van der Waals surface area contributed by atoms with E-state index in [-0.39, 0.29) is 52.6 Å². The second kappa shape index (κ2) is 15.0. The van der Waals surface area contributed by atoms with Crippen LogP contribution in [0, 0.1) is 50.2 Å². The fraction of sp³-hybridized carbons (Fsp3) is 0.952. The van der Waals surface area contributed by atoms with E-state index in [9.17, 15) is 51.1 Å². The molecule has 4 saturated carbocycles. The van der Waals surface area contributed by atoms with Crippen molar-refractivity contribution in [3.63, 3.8) is 0 Å². The number of allylic oxidation sites excluding steroid dienone is 2. The lowest BCUT2D eigenvalue weighted by Gasteiger charge is -2.72. The second-order valence-corrected chi connectivity index (χ2v) is 20.7. The molecule has 0 spiro atoms. The van der Waals surface area contributed by atoms with Crippen molar-refractivity contribution in [2.24, 2.45) is 50.2 Å². The Morgan fingerprint density at radius 2 is 1.20 bits per heavy atom. The third kappa shape index (κ3) is 6.42. The maximum Gasteiger partial charge on any atom is 0.186 e. The van der Waals surface area contributed by atoms with Gasteiger partial charge in [-0.1, -0.05) is 53.2 Å². The van der Waals surface area contributed by atoms with Gasteiger partial charge >= 0.3 is 0 Å². The molecule has 322 valence electrons. The van der Waals surface area contributed by atoms with E-state index in [4.69, 9.17) is 18.9 Å². The van der Waals surface area contributed by atoms with Crippen molar-refractivity contribution >= 4 is 0 Å². The lowest BCUT2D eigenvalue weighted by molar-refractivity contribution is -0.317. The second-order valence-electron chi connectivity index (χ2n) is 20.7. The van der Waals surface area contributed by atoms with Crippen LogP contribution in [-0.2, 0) is 18.9 Å². The van der Waals surface area contributed by atoms with Crippen LogP contribution in [0.4, 0.5) is 0 Å². The van der Waals surface area contributed by atoms with E-state index in [0.717, 1.165) is 38.5 Å². The van der Waals surface area contributed by atoms with Crippen LogP contribution in [0.25, 0.3) is 0 Å². The van der Waals surface area contributed by atoms with Gasteiger partial charge in [-0.15, -0.1) is 0 Å². The highest BCUT2D eigenvalue weighted by Crippen LogP contribution is 2.76. The standard InChI is InChI=1S/C42H70O14/c1-37(2)13-14-42(20-54-36-34(52)32(50)30(48)24(18-44)56-36)22(15-37)21-7-8-26-38(3)11-10-27(45)39(4,19-53-35-33(51)31(49)29(47)23(17-43)55-35)25(38)9-12-40(26,5)41(21,6)16-28(42)46/h7,22-36,43-52H,8-20H2,1-6H3. The van der Waals surface area contributed by atoms with Crippen LogP contribution < -0.4 is 0 Å². The summed E-state index contributed by atoms with van der Waals surface area (Å²) in [5.74, 6) is 0.218. The van der Waals surface area contributed by atoms with Gasteiger partial charge < -0.3 is 70.0 Å². The summed E-state index contributed by atoms with van der Waals surface area (Å²) in [4.78, 5) is 0. The van der Waals surface area contributed by atoms with Crippen molar-refractivity contribution in [3.05, 3.63) is 11.6 Å². The Morgan fingerprint density at radius 3 is 1.77 bits per heavy atom. The number of ether oxygens (including phenoxy) is 4. The molecule has 0 aromatic rings. The van der Waals surface area contributed by atoms with Gasteiger partial charge in [0, 0.05) is 10.8 Å². The smallest absolute Gasteiger partial charge is 0.186 e. The van der Waals surface area contributed by atoms with Crippen molar-refractivity contribution in [1.82, 2.24) is 0 Å². The summed E-state index contributed by atoms with van der Waals surface area (Å²) in [5.41, 5.74) is -0.863. The quantitative estimate of drug-likeness (QED) is 0.153. The average Bonchev–Trinajstić information content (AvgIpc) is 3.15. The molecule has 0 aromatic carbocycles. The van der Waals surface area contributed by atoms with E-state index in [1.807, 2.05) is 6.92 Å². The third-order valence-electron chi connectivity index (χ3n) is 17.4. The Balaban J connectivity index is 1.17. The molecule has 7 rings (SSSR count). The Labute approximate surface area is 330 Å². The first-order valence-corrected chi connectivity index (χ1v) is 21.0. The lowest BCUT2D eigenvalue weighted by Crippen LogP contribution is -2.68. The molecule has 2 heterocycles. The first-order chi connectivity index (χ1) is 26.1. The Bertz CT molecular complexity index is 1460. The number of aliphatic hydroxyl groups excluding tert-OH is 10. The van der Waals surface area contributed by atoms with Gasteiger partial charge in [-0.25, -0.2) is 0 Å². The molecule has 2 saturated heterocycles. The fourth-order valence-electron chi connectivity index (χ4n) is 13.6. The first kappa shape index (κ1) is 43.3. The van der Waals surface area contributed by atoms with Gasteiger partial charge in [-0.3, -0.25) is 0 Å². The molecule has 10 N–H and O–H groups in total. The van der Waals surface area contributed by atoms with Crippen LogP contribution >= 0.6 is 0 Å². The molecule has 0 amide bonds. The Kier molecular flexibility index (Phi) is 11.6. The minimum atomic E-state index is -1.56. The first-order valence-electron chi connectivity index (χ1n) is 21.0. The summed E-state index contributed by atoms with van der Waals surface area (Å²) < 4.78 is 23.9. The minimum absolute atomic E-state index is 0.000215. The van der Waals surface area contributed by atoms with Gasteiger partial charge in [-0.05, 0) is 97.2 Å². The van der Waals surface area contributed by atoms with Crippen molar-refractivity contribution in [2.45, 2.75) is 173 Å². The number of rotatable bonds is 8. The predicted molar refractivity (Wildman–Crippen MR) is 200 cm³/mol. The highest BCUT2D eigenvalue weighted by atomic mass is 16.7. The normalized spacial score (nSPS) is 55.6. The summed E-state index contributed by atoms with van der Waals surface area (Å²) in [6.07, 6.45) is -6.14. The number of fused-ring (bicyclic) bond motifs is 7. The molecule has 14 nitrogen and oxygen atoms in total. The molecular weight excluding hydrogens is 728 g/mol. The van der Waals surface area contributed by atoms with Crippen LogP contribution in [0.1, 0.15) is 99.3 Å². The highest BCUT2D eigenvalue weighted by molar-refractivity contribution is 5.35. The molecule has 0 aromatic heterocycles. The topological polar surface area (TPSA) is 239 Å². The monoisotopic (exact) mass is 798 g/mol. The van der Waals surface area contributed by atoms with E-state index in [1.54, 1.807) is 0 Å². The average molecular weight is 799 g/mol. The van der Waals surface area contributed by atoms with Gasteiger partial charge in [0.1, 0.15) is 48.8 Å². The highest BCUT2D eigenvalue weighted by Gasteiger charge is 2.70. The molecule has 20 unspecified atom stereocenters. The van der Waals surface area contributed by atoms with Gasteiger partial charge in [0.05, 0.1) is 38.6 Å². The van der Waals surface area contributed by atoms with E-state index in [0.29, 0.717) is 19.3 Å². The number of hydrogen-bond donors (Lipinski definition) is 10. The third-order valence-corrected chi connectivity index (χ3v) is 17.4. The van der Waals surface area contributed by atoms with E-state index in [1.165, 1.54) is 5.57 Å². The molecule has 6 fully saturated rings. The molecule has 0 radical (unpaired) electrons. The van der Waals surface area contributed by atoms with Crippen molar-refractivity contribution in [3.8, 4) is 0 Å². The predicted octanol–water partition coefficient (Wildman–Crippen LogP) is 0.733. The molecule has 0 bridgehead atoms. The minimum Gasteiger partial charge on any atom is -0.394 e. The maximum absolute atomic E-state index is 12.6. The molecule has 14 heteroatoms. The van der Waals surface area contributed by atoms with Crippen LogP contribution in [0.5, 0.6) is 0 Å². The fourth-order valence-corrected chi connectivity index (χ4v) is 13.6. The van der Waals surface area contributed by atoms with Crippen molar-refractivity contribution < 1.29 is 70.0 Å². The van der Waals surface area contributed by atoms with E-state index >= 15 is 0 Å². The lowest BCUT2D eigenvalue weighted by atomic mass is 9.33. The van der Waals surface area contributed by atoms with Crippen molar-refractivity contribution in [2.75, 3.05) is 26.4 Å². The molecule has 2 aliphatic heterocycles. The summed E-state index contributed by atoms with van der Waals surface area (Å²) in [7, 11) is 0. The summed E-state index contributed by atoms with van der Waals surface area (Å²) in [6.45, 7) is 12.7. The van der Waals surface area contributed by atoms with Gasteiger partial charge in [0.2, 0.25) is 0 Å². The summed E-state index contributed by atoms with van der Waals surface area (Å²) in [5, 5.41) is 107. The van der Waals surface area contributed by atoms with Gasteiger partial charge in [0.25, 0.3) is 0 Å². The molecule has 20 atom stereocenters. The van der Waals surface area contributed by atoms with Gasteiger partial charge in [-0.2, -0.15) is 0 Å². The SMILES string of the molecule is CC1(C)CCC2(COC3OC(CO)C(O)C(O)C3O)C(O)CC3(C)C(=CCC4C5(C)CCC(O)C(C)(COC6OC(CO)C(O)C(O)C6O)C5CCC43C)C2C1. The van der Waals surface area contributed by atoms with Crippen LogP contribution in [0.2, 0.25) is 0 Å². The molecule has 7 aliphatic rings. The molecule has 56 heavy (non-hydrogen) atoms. The van der Waals surface area contributed by atoms with E-state index < -0.39 is 97.7 Å². The van der Waals surface area contributed by atoms with Crippen LogP contribution in [0.3, 0.4) is 0 Å². The largest absolute Gasteiger partial charge is 0.394 e.